The minimum atomic E-state index is -0.235. The summed E-state index contributed by atoms with van der Waals surface area (Å²) >= 11 is 3.40. The number of carbonyl (C=O) groups excluding carboxylic acids is 1. The molecule has 3 aromatic rings. The molecule has 0 fully saturated rings. The first-order valence-corrected chi connectivity index (χ1v) is 8.88. The van der Waals surface area contributed by atoms with Crippen LogP contribution in [0.15, 0.2) is 74.7 Å². The Balaban J connectivity index is 1.49. The first kappa shape index (κ1) is 17.9. The Morgan fingerprint density at radius 2 is 1.81 bits per heavy atom. The van der Waals surface area contributed by atoms with Gasteiger partial charge in [-0.15, -0.1) is 0 Å². The minimum absolute atomic E-state index is 0.142. The van der Waals surface area contributed by atoms with Gasteiger partial charge in [-0.3, -0.25) is 4.79 Å². The minimum Gasteiger partial charge on any atom is -0.455 e. The van der Waals surface area contributed by atoms with Crippen molar-refractivity contribution < 1.29 is 9.21 Å². The fourth-order valence-electron chi connectivity index (χ4n) is 2.25. The Bertz CT molecular complexity index is 900. The molecule has 1 amide bonds. The van der Waals surface area contributed by atoms with E-state index in [1.165, 1.54) is 11.8 Å². The van der Waals surface area contributed by atoms with E-state index in [-0.39, 0.29) is 12.5 Å². The number of benzene rings is 2. The first-order chi connectivity index (χ1) is 12.6. The Hall–Kier alpha value is -2.86. The van der Waals surface area contributed by atoms with E-state index in [1.54, 1.807) is 6.07 Å². The summed E-state index contributed by atoms with van der Waals surface area (Å²) < 4.78 is 6.71. The van der Waals surface area contributed by atoms with Gasteiger partial charge in [-0.1, -0.05) is 45.8 Å². The fraction of sp³-hybridized carbons (Fsp3) is 0.100. The van der Waals surface area contributed by atoms with E-state index in [9.17, 15) is 4.79 Å². The highest BCUT2D eigenvalue weighted by Crippen LogP contribution is 2.23. The van der Waals surface area contributed by atoms with Crippen LogP contribution in [0.25, 0.3) is 11.3 Å². The molecule has 0 atom stereocenters. The highest BCUT2D eigenvalue weighted by atomic mass is 79.9. The number of nitrogens with one attached hydrogen (secondary N) is 2. The van der Waals surface area contributed by atoms with E-state index in [1.807, 2.05) is 61.5 Å². The van der Waals surface area contributed by atoms with Crippen LogP contribution in [0.5, 0.6) is 0 Å². The zero-order chi connectivity index (χ0) is 18.4. The maximum Gasteiger partial charge on any atom is 0.259 e. The molecule has 1 heterocycles. The number of halogens is 1. The third kappa shape index (κ3) is 5.07. The molecule has 5 nitrogen and oxygen atoms in total. The number of furan rings is 1. The Labute approximate surface area is 160 Å². The van der Waals surface area contributed by atoms with Crippen LogP contribution in [0.3, 0.4) is 0 Å². The number of carbonyl (C=O) groups is 1. The normalized spacial score (nSPS) is 10.8. The molecular weight excluding hydrogens is 394 g/mol. The highest BCUT2D eigenvalue weighted by Gasteiger charge is 2.04. The number of rotatable bonds is 6. The van der Waals surface area contributed by atoms with Crippen molar-refractivity contribution in [3.05, 3.63) is 76.5 Å². The van der Waals surface area contributed by atoms with Gasteiger partial charge in [0.25, 0.3) is 5.91 Å². The van der Waals surface area contributed by atoms with E-state index in [0.29, 0.717) is 5.76 Å². The molecule has 26 heavy (non-hydrogen) atoms. The van der Waals surface area contributed by atoms with E-state index < -0.39 is 0 Å². The van der Waals surface area contributed by atoms with Gasteiger partial charge in [0.05, 0.1) is 12.8 Å². The Kier molecular flexibility index (Phi) is 5.86. The maximum atomic E-state index is 11.8. The molecular formula is C20H18BrN3O2. The van der Waals surface area contributed by atoms with Crippen LogP contribution in [0, 0.1) is 6.92 Å². The van der Waals surface area contributed by atoms with Crippen molar-refractivity contribution in [1.82, 2.24) is 5.43 Å². The van der Waals surface area contributed by atoms with Gasteiger partial charge in [0.15, 0.2) is 0 Å². The van der Waals surface area contributed by atoms with Gasteiger partial charge in [-0.25, -0.2) is 5.43 Å². The number of amides is 1. The van der Waals surface area contributed by atoms with Crippen LogP contribution in [0.2, 0.25) is 0 Å². The summed E-state index contributed by atoms with van der Waals surface area (Å²) in [6, 6.07) is 19.3. The van der Waals surface area contributed by atoms with Crippen LogP contribution in [-0.2, 0) is 4.79 Å². The monoisotopic (exact) mass is 411 g/mol. The molecule has 0 bridgehead atoms. The second-order valence-corrected chi connectivity index (χ2v) is 6.64. The van der Waals surface area contributed by atoms with Crippen LogP contribution in [0.4, 0.5) is 5.69 Å². The van der Waals surface area contributed by atoms with Crippen molar-refractivity contribution in [2.24, 2.45) is 5.10 Å². The van der Waals surface area contributed by atoms with Gasteiger partial charge in [0.1, 0.15) is 11.5 Å². The van der Waals surface area contributed by atoms with Crippen molar-refractivity contribution >= 4 is 33.7 Å². The molecule has 2 aromatic carbocycles. The number of hydrogen-bond donors (Lipinski definition) is 2. The molecule has 132 valence electrons. The smallest absolute Gasteiger partial charge is 0.259 e. The van der Waals surface area contributed by atoms with Crippen molar-refractivity contribution in [3.63, 3.8) is 0 Å². The van der Waals surface area contributed by atoms with E-state index in [4.69, 9.17) is 4.42 Å². The lowest BCUT2D eigenvalue weighted by Crippen LogP contribution is -2.25. The predicted molar refractivity (Wildman–Crippen MR) is 107 cm³/mol. The van der Waals surface area contributed by atoms with Crippen LogP contribution in [0.1, 0.15) is 11.3 Å². The molecule has 0 unspecified atom stereocenters. The zero-order valence-corrected chi connectivity index (χ0v) is 15.8. The Morgan fingerprint density at radius 1 is 1.08 bits per heavy atom. The summed E-state index contributed by atoms with van der Waals surface area (Å²) in [5, 5.41) is 6.96. The molecule has 2 N–H and O–H groups in total. The molecule has 6 heteroatoms. The summed E-state index contributed by atoms with van der Waals surface area (Å²) in [7, 11) is 0. The maximum absolute atomic E-state index is 11.8. The number of anilines is 1. The molecule has 0 spiro atoms. The topological polar surface area (TPSA) is 66.6 Å². The number of hydrazone groups is 1. The molecule has 0 aliphatic carbocycles. The molecule has 0 saturated carbocycles. The summed E-state index contributed by atoms with van der Waals surface area (Å²) in [4.78, 5) is 11.8. The summed E-state index contributed by atoms with van der Waals surface area (Å²) in [5.41, 5.74) is 5.50. The fourth-order valence-corrected chi connectivity index (χ4v) is 2.52. The second-order valence-electron chi connectivity index (χ2n) is 5.72. The van der Waals surface area contributed by atoms with Gasteiger partial charge >= 0.3 is 0 Å². The quantitative estimate of drug-likeness (QED) is 0.460. The van der Waals surface area contributed by atoms with Crippen molar-refractivity contribution in [3.8, 4) is 11.3 Å². The van der Waals surface area contributed by atoms with Gasteiger partial charge in [0.2, 0.25) is 0 Å². The summed E-state index contributed by atoms with van der Waals surface area (Å²) in [5.74, 6) is 1.07. The number of nitrogens with zero attached hydrogens (tertiary/aromatic N) is 1. The van der Waals surface area contributed by atoms with Crippen LogP contribution in [-0.4, -0.2) is 18.7 Å². The standard InChI is InChI=1S/C20H18BrN3O2/c1-14-2-8-17(9-3-14)22-13-20(25)24-23-12-18-10-11-19(26-18)15-4-6-16(21)7-5-15/h2-12,22H,13H2,1H3,(H,24,25). The molecule has 0 aliphatic rings. The van der Waals surface area contributed by atoms with Gasteiger partial charge in [-0.2, -0.15) is 5.10 Å². The van der Waals surface area contributed by atoms with Crippen LogP contribution < -0.4 is 10.7 Å². The number of aryl methyl sites for hydroxylation is 1. The summed E-state index contributed by atoms with van der Waals surface area (Å²) in [6.07, 6.45) is 1.48. The van der Waals surface area contributed by atoms with Gasteiger partial charge < -0.3 is 9.73 Å². The molecule has 3 rings (SSSR count). The molecule has 0 saturated heterocycles. The third-order valence-electron chi connectivity index (χ3n) is 3.64. The Morgan fingerprint density at radius 3 is 2.54 bits per heavy atom. The van der Waals surface area contributed by atoms with Crippen LogP contribution >= 0.6 is 15.9 Å². The lowest BCUT2D eigenvalue weighted by atomic mass is 10.2. The summed E-state index contributed by atoms with van der Waals surface area (Å²) in [6.45, 7) is 2.16. The SMILES string of the molecule is Cc1ccc(NCC(=O)NN=Cc2ccc(-c3ccc(Br)cc3)o2)cc1. The van der Waals surface area contributed by atoms with E-state index in [2.05, 4.69) is 31.8 Å². The van der Waals surface area contributed by atoms with Gasteiger partial charge in [-0.05, 0) is 43.3 Å². The molecule has 0 aliphatic heterocycles. The third-order valence-corrected chi connectivity index (χ3v) is 4.17. The lowest BCUT2D eigenvalue weighted by molar-refractivity contribution is -0.119. The average molecular weight is 412 g/mol. The van der Waals surface area contributed by atoms with Crippen molar-refractivity contribution in [2.45, 2.75) is 6.92 Å². The van der Waals surface area contributed by atoms with E-state index >= 15 is 0 Å². The average Bonchev–Trinajstić information content (AvgIpc) is 3.11. The first-order valence-electron chi connectivity index (χ1n) is 8.08. The largest absolute Gasteiger partial charge is 0.455 e. The molecule has 0 radical (unpaired) electrons. The predicted octanol–water partition coefficient (Wildman–Crippen LogP) is 4.58. The lowest BCUT2D eigenvalue weighted by Gasteiger charge is -2.05. The molecule has 1 aromatic heterocycles. The van der Waals surface area contributed by atoms with Crippen molar-refractivity contribution in [2.75, 3.05) is 11.9 Å². The zero-order valence-electron chi connectivity index (χ0n) is 14.2. The highest BCUT2D eigenvalue weighted by molar-refractivity contribution is 9.10. The second kappa shape index (κ2) is 8.49. The van der Waals surface area contributed by atoms with E-state index in [0.717, 1.165) is 21.5 Å². The number of hydrogen-bond acceptors (Lipinski definition) is 4. The van der Waals surface area contributed by atoms with Gasteiger partial charge in [0, 0.05) is 15.7 Å². The van der Waals surface area contributed by atoms with Crippen molar-refractivity contribution in [1.29, 1.82) is 0 Å².